The second kappa shape index (κ2) is 6.59. The van der Waals surface area contributed by atoms with Crippen molar-refractivity contribution in [3.63, 3.8) is 0 Å². The van der Waals surface area contributed by atoms with Crippen LogP contribution in [0.25, 0.3) is 0 Å². The smallest absolute Gasteiger partial charge is 0.274 e. The molecule has 0 saturated carbocycles. The summed E-state index contributed by atoms with van der Waals surface area (Å²) in [6.07, 6.45) is 8.24. The van der Waals surface area contributed by atoms with Crippen molar-refractivity contribution >= 4 is 11.8 Å². The quantitative estimate of drug-likeness (QED) is 0.896. The summed E-state index contributed by atoms with van der Waals surface area (Å²) < 4.78 is 7.25. The molecule has 1 N–H and O–H groups in total. The third kappa shape index (κ3) is 2.79. The highest BCUT2D eigenvalue weighted by atomic mass is 16.5. The van der Waals surface area contributed by atoms with Gasteiger partial charge in [-0.05, 0) is 25.7 Å². The van der Waals surface area contributed by atoms with Crippen LogP contribution in [0, 0.1) is 0 Å². The van der Waals surface area contributed by atoms with Crippen LogP contribution < -0.4 is 5.32 Å². The number of hydrogen-bond acceptors (Lipinski definition) is 5. The first-order valence-electron chi connectivity index (χ1n) is 9.06. The first kappa shape index (κ1) is 16.8. The minimum atomic E-state index is -0.254. The molecule has 4 rings (SSSR count). The van der Waals surface area contributed by atoms with Crippen LogP contribution >= 0.6 is 0 Å². The predicted molar refractivity (Wildman–Crippen MR) is 92.4 cm³/mol. The summed E-state index contributed by atoms with van der Waals surface area (Å²) in [7, 11) is 3.67. The Labute approximate surface area is 151 Å². The highest BCUT2D eigenvalue weighted by Gasteiger charge is 2.38. The number of carbonyl (C=O) groups excluding carboxylic acids is 2. The molecule has 26 heavy (non-hydrogen) atoms. The van der Waals surface area contributed by atoms with Gasteiger partial charge in [-0.3, -0.25) is 9.59 Å². The maximum Gasteiger partial charge on any atom is 0.274 e. The van der Waals surface area contributed by atoms with Crippen molar-refractivity contribution in [3.05, 3.63) is 35.2 Å². The number of nitrogens with zero attached hydrogens (tertiary/aromatic N) is 4. The van der Waals surface area contributed by atoms with Crippen LogP contribution in [-0.2, 0) is 24.7 Å². The number of aromatic nitrogens is 3. The first-order chi connectivity index (χ1) is 12.6. The van der Waals surface area contributed by atoms with E-state index in [1.54, 1.807) is 24.5 Å². The topological polar surface area (TPSA) is 93.3 Å². The van der Waals surface area contributed by atoms with E-state index in [0.717, 1.165) is 42.7 Å². The lowest BCUT2D eigenvalue weighted by atomic mass is 9.92. The normalized spacial score (nSPS) is 23.0. The fourth-order valence-corrected chi connectivity index (χ4v) is 4.05. The zero-order chi connectivity index (χ0) is 18.3. The molecule has 0 radical (unpaired) electrons. The predicted octanol–water partition coefficient (Wildman–Crippen LogP) is 1.38. The molecule has 1 fully saturated rings. The first-order valence-corrected chi connectivity index (χ1v) is 9.06. The molecule has 8 heteroatoms. The van der Waals surface area contributed by atoms with Gasteiger partial charge in [0.1, 0.15) is 5.76 Å². The van der Waals surface area contributed by atoms with Gasteiger partial charge >= 0.3 is 0 Å². The second-order valence-electron chi connectivity index (χ2n) is 7.14. The van der Waals surface area contributed by atoms with Crippen molar-refractivity contribution < 1.29 is 14.1 Å². The zero-order valence-electron chi connectivity index (χ0n) is 15.1. The Morgan fingerprint density at radius 3 is 2.85 bits per heavy atom. The molecule has 3 heterocycles. The maximum absolute atomic E-state index is 12.9. The number of carbonyl (C=O) groups is 2. The van der Waals surface area contributed by atoms with Gasteiger partial charge in [-0.2, -0.15) is 0 Å². The Bertz CT molecular complexity index is 840. The number of nitrogens with one attached hydrogen (secondary N) is 1. The van der Waals surface area contributed by atoms with Gasteiger partial charge in [-0.15, -0.1) is 0 Å². The SMILES string of the molecule is CN1C(=O)CC[C@@H](NC(=O)c2noc3c2CCCC3)[C@@H]1c1cncn1C. The van der Waals surface area contributed by atoms with Crippen molar-refractivity contribution in [2.24, 2.45) is 7.05 Å². The molecular formula is C18H23N5O3. The van der Waals surface area contributed by atoms with E-state index in [2.05, 4.69) is 15.5 Å². The molecule has 8 nitrogen and oxygen atoms in total. The van der Waals surface area contributed by atoms with E-state index in [4.69, 9.17) is 4.52 Å². The lowest BCUT2D eigenvalue weighted by Gasteiger charge is -2.39. The maximum atomic E-state index is 12.9. The van der Waals surface area contributed by atoms with Gasteiger partial charge in [0, 0.05) is 32.5 Å². The standard InChI is InChI=1S/C18H23N5O3/c1-22-10-19-9-13(22)17-12(7-8-15(24)23(17)2)20-18(25)16-11-5-3-4-6-14(11)26-21-16/h9-10,12,17H,3-8H2,1-2H3,(H,20,25)/t12-,17-/m1/s1. The molecule has 138 valence electrons. The summed E-state index contributed by atoms with van der Waals surface area (Å²) in [6.45, 7) is 0. The number of aryl methyl sites for hydroxylation is 2. The Balaban J connectivity index is 1.59. The third-order valence-corrected chi connectivity index (χ3v) is 5.50. The van der Waals surface area contributed by atoms with Crippen LogP contribution in [0.2, 0.25) is 0 Å². The van der Waals surface area contributed by atoms with Gasteiger partial charge < -0.3 is 19.3 Å². The van der Waals surface area contributed by atoms with Crippen LogP contribution in [0.4, 0.5) is 0 Å². The molecule has 1 saturated heterocycles. The molecule has 0 bridgehead atoms. The van der Waals surface area contributed by atoms with E-state index in [9.17, 15) is 9.59 Å². The number of imidazole rings is 1. The van der Waals surface area contributed by atoms with E-state index in [1.165, 1.54) is 0 Å². The van der Waals surface area contributed by atoms with Crippen molar-refractivity contribution in [3.8, 4) is 0 Å². The lowest BCUT2D eigenvalue weighted by Crippen LogP contribution is -2.51. The molecule has 0 unspecified atom stereocenters. The Kier molecular flexibility index (Phi) is 4.26. The highest BCUT2D eigenvalue weighted by Crippen LogP contribution is 2.31. The number of piperidine rings is 1. The van der Waals surface area contributed by atoms with Gasteiger partial charge in [0.15, 0.2) is 5.69 Å². The average Bonchev–Trinajstić information content (AvgIpc) is 3.25. The van der Waals surface area contributed by atoms with Gasteiger partial charge in [-0.1, -0.05) is 5.16 Å². The van der Waals surface area contributed by atoms with Gasteiger partial charge in [-0.25, -0.2) is 4.98 Å². The molecular weight excluding hydrogens is 334 g/mol. The van der Waals surface area contributed by atoms with E-state index in [-0.39, 0.29) is 23.9 Å². The zero-order valence-corrected chi connectivity index (χ0v) is 15.1. The van der Waals surface area contributed by atoms with Crippen molar-refractivity contribution in [2.45, 2.75) is 50.6 Å². The van der Waals surface area contributed by atoms with Gasteiger partial charge in [0.25, 0.3) is 5.91 Å². The number of hydrogen-bond donors (Lipinski definition) is 1. The Morgan fingerprint density at radius 2 is 2.08 bits per heavy atom. The molecule has 2 aromatic rings. The Morgan fingerprint density at radius 1 is 1.27 bits per heavy atom. The second-order valence-corrected chi connectivity index (χ2v) is 7.14. The van der Waals surface area contributed by atoms with E-state index >= 15 is 0 Å². The number of likely N-dealkylation sites (N-methyl/N-ethyl adjacent to an activating group) is 1. The monoisotopic (exact) mass is 357 g/mol. The Hall–Kier alpha value is -2.64. The molecule has 0 spiro atoms. The van der Waals surface area contributed by atoms with Crippen molar-refractivity contribution in [2.75, 3.05) is 7.05 Å². The largest absolute Gasteiger partial charge is 0.360 e. The van der Waals surface area contributed by atoms with Crippen LogP contribution in [0.3, 0.4) is 0 Å². The van der Waals surface area contributed by atoms with Crippen molar-refractivity contribution in [1.29, 1.82) is 0 Å². The summed E-state index contributed by atoms with van der Waals surface area (Å²) in [5, 5.41) is 7.11. The summed E-state index contributed by atoms with van der Waals surface area (Å²) in [4.78, 5) is 31.0. The summed E-state index contributed by atoms with van der Waals surface area (Å²) >= 11 is 0. The molecule has 2 aliphatic rings. The van der Waals surface area contributed by atoms with Crippen LogP contribution in [0.15, 0.2) is 17.0 Å². The van der Waals surface area contributed by atoms with E-state index in [1.807, 2.05) is 11.6 Å². The molecule has 1 aliphatic carbocycles. The van der Waals surface area contributed by atoms with Crippen LogP contribution in [0.5, 0.6) is 0 Å². The van der Waals surface area contributed by atoms with E-state index in [0.29, 0.717) is 18.5 Å². The van der Waals surface area contributed by atoms with E-state index < -0.39 is 0 Å². The summed E-state index contributed by atoms with van der Waals surface area (Å²) in [5.41, 5.74) is 2.22. The van der Waals surface area contributed by atoms with Crippen LogP contribution in [-0.4, -0.2) is 44.5 Å². The summed E-state index contributed by atoms with van der Waals surface area (Å²) in [5.74, 6) is 0.679. The molecule has 2 amide bonds. The molecule has 0 aromatic carbocycles. The highest BCUT2D eigenvalue weighted by molar-refractivity contribution is 5.94. The number of fused-ring (bicyclic) bond motifs is 1. The summed E-state index contributed by atoms with van der Waals surface area (Å²) in [6, 6.07) is -0.452. The molecule has 2 atom stereocenters. The third-order valence-electron chi connectivity index (χ3n) is 5.50. The number of rotatable bonds is 3. The lowest BCUT2D eigenvalue weighted by molar-refractivity contribution is -0.136. The van der Waals surface area contributed by atoms with Crippen LogP contribution in [0.1, 0.15) is 59.2 Å². The fraction of sp³-hybridized carbons (Fsp3) is 0.556. The number of likely N-dealkylation sites (tertiary alicyclic amines) is 1. The number of amides is 2. The van der Waals surface area contributed by atoms with Gasteiger partial charge in [0.2, 0.25) is 5.91 Å². The van der Waals surface area contributed by atoms with Crippen molar-refractivity contribution in [1.82, 2.24) is 24.9 Å². The minimum absolute atomic E-state index is 0.0699. The average molecular weight is 357 g/mol. The fourth-order valence-electron chi connectivity index (χ4n) is 4.05. The minimum Gasteiger partial charge on any atom is -0.360 e. The van der Waals surface area contributed by atoms with Gasteiger partial charge in [0.05, 0.1) is 30.3 Å². The molecule has 1 aliphatic heterocycles. The molecule has 2 aromatic heterocycles.